The van der Waals surface area contributed by atoms with Gasteiger partial charge < -0.3 is 24.7 Å². The maximum atomic E-state index is 12.2. The summed E-state index contributed by atoms with van der Waals surface area (Å²) in [6.45, 7) is 6.45. The summed E-state index contributed by atoms with van der Waals surface area (Å²) in [4.78, 5) is 25.8. The van der Waals surface area contributed by atoms with Crippen LogP contribution in [0.3, 0.4) is 0 Å². The predicted molar refractivity (Wildman–Crippen MR) is 89.9 cm³/mol. The second-order valence-electron chi connectivity index (χ2n) is 6.22. The Morgan fingerprint density at radius 1 is 1.38 bits per heavy atom. The first-order valence-electron chi connectivity index (χ1n) is 8.55. The second-order valence-corrected chi connectivity index (χ2v) is 6.22. The van der Waals surface area contributed by atoms with Crippen LogP contribution in [-0.4, -0.2) is 55.2 Å². The molecule has 1 saturated heterocycles. The van der Waals surface area contributed by atoms with Crippen LogP contribution in [0.4, 0.5) is 4.79 Å². The number of piperidine rings is 1. The quantitative estimate of drug-likeness (QED) is 0.746. The zero-order valence-electron chi connectivity index (χ0n) is 14.4. The number of carbonyl (C=O) groups excluding carboxylic acids is 2. The van der Waals surface area contributed by atoms with Crippen molar-refractivity contribution in [2.75, 3.05) is 26.2 Å². The molecule has 0 aromatic carbocycles. The summed E-state index contributed by atoms with van der Waals surface area (Å²) in [5.74, 6) is 0.274. The summed E-state index contributed by atoms with van der Waals surface area (Å²) in [7, 11) is 0. The standard InChI is InChI=1S/C17H27N3O4/c1-13(2)23-12-4-8-18-17(22)19-14-6-9-20(10-7-14)16(21)15-5-3-11-24-15/h3,5,11,13-14H,4,6-10,12H2,1-2H3,(H2,18,19,22). The van der Waals surface area contributed by atoms with E-state index >= 15 is 0 Å². The van der Waals surface area contributed by atoms with Gasteiger partial charge in [-0.15, -0.1) is 0 Å². The van der Waals surface area contributed by atoms with E-state index < -0.39 is 0 Å². The highest BCUT2D eigenvalue weighted by atomic mass is 16.5. The minimum absolute atomic E-state index is 0.0898. The lowest BCUT2D eigenvalue weighted by molar-refractivity contribution is 0.0676. The fourth-order valence-corrected chi connectivity index (χ4v) is 2.61. The van der Waals surface area contributed by atoms with Gasteiger partial charge in [0.05, 0.1) is 12.4 Å². The summed E-state index contributed by atoms with van der Waals surface area (Å²) in [6.07, 6.45) is 4.00. The van der Waals surface area contributed by atoms with E-state index in [1.54, 1.807) is 17.0 Å². The lowest BCUT2D eigenvalue weighted by Crippen LogP contribution is -2.49. The van der Waals surface area contributed by atoms with Crippen molar-refractivity contribution in [3.63, 3.8) is 0 Å². The highest BCUT2D eigenvalue weighted by Gasteiger charge is 2.25. The molecular formula is C17H27N3O4. The number of nitrogens with one attached hydrogen (secondary N) is 2. The molecule has 2 heterocycles. The smallest absolute Gasteiger partial charge is 0.315 e. The molecule has 1 aromatic heterocycles. The van der Waals surface area contributed by atoms with Crippen molar-refractivity contribution in [2.45, 2.75) is 45.3 Å². The third-order valence-electron chi connectivity index (χ3n) is 3.91. The molecule has 1 aliphatic heterocycles. The summed E-state index contributed by atoms with van der Waals surface area (Å²) < 4.78 is 10.6. The van der Waals surface area contributed by atoms with E-state index in [9.17, 15) is 9.59 Å². The number of hydrogen-bond donors (Lipinski definition) is 2. The summed E-state index contributed by atoms with van der Waals surface area (Å²) in [5.41, 5.74) is 0. The van der Waals surface area contributed by atoms with Crippen molar-refractivity contribution in [3.05, 3.63) is 24.2 Å². The minimum atomic E-state index is -0.157. The molecule has 0 aliphatic carbocycles. The van der Waals surface area contributed by atoms with Crippen molar-refractivity contribution >= 4 is 11.9 Å². The average molecular weight is 337 g/mol. The topological polar surface area (TPSA) is 83.8 Å². The number of rotatable bonds is 7. The third-order valence-corrected chi connectivity index (χ3v) is 3.91. The Morgan fingerprint density at radius 3 is 2.75 bits per heavy atom. The van der Waals surface area contributed by atoms with Gasteiger partial charge in [0.1, 0.15) is 0 Å². The van der Waals surface area contributed by atoms with Crippen LogP contribution < -0.4 is 10.6 Å². The molecule has 1 aliphatic rings. The van der Waals surface area contributed by atoms with Gasteiger partial charge in [0.25, 0.3) is 5.91 Å². The average Bonchev–Trinajstić information content (AvgIpc) is 3.09. The van der Waals surface area contributed by atoms with Gasteiger partial charge in [-0.25, -0.2) is 4.79 Å². The van der Waals surface area contributed by atoms with Gasteiger partial charge in [-0.1, -0.05) is 0 Å². The van der Waals surface area contributed by atoms with Gasteiger partial charge in [-0.05, 0) is 45.2 Å². The molecule has 1 fully saturated rings. The molecular weight excluding hydrogens is 310 g/mol. The highest BCUT2D eigenvalue weighted by Crippen LogP contribution is 2.14. The van der Waals surface area contributed by atoms with E-state index in [4.69, 9.17) is 9.15 Å². The molecule has 0 atom stereocenters. The minimum Gasteiger partial charge on any atom is -0.459 e. The molecule has 0 radical (unpaired) electrons. The predicted octanol–water partition coefficient (Wildman–Crippen LogP) is 2.00. The first kappa shape index (κ1) is 18.3. The van der Waals surface area contributed by atoms with E-state index in [-0.39, 0.29) is 24.1 Å². The highest BCUT2D eigenvalue weighted by molar-refractivity contribution is 5.91. The lowest BCUT2D eigenvalue weighted by atomic mass is 10.0. The molecule has 0 bridgehead atoms. The van der Waals surface area contributed by atoms with Gasteiger partial charge in [-0.2, -0.15) is 0 Å². The molecule has 2 rings (SSSR count). The fraction of sp³-hybridized carbons (Fsp3) is 0.647. The SMILES string of the molecule is CC(C)OCCCNC(=O)NC1CCN(C(=O)c2ccco2)CC1. The number of carbonyl (C=O) groups is 2. The van der Waals surface area contributed by atoms with Gasteiger partial charge in [0, 0.05) is 32.3 Å². The van der Waals surface area contributed by atoms with Crippen LogP contribution in [0.2, 0.25) is 0 Å². The first-order valence-corrected chi connectivity index (χ1v) is 8.55. The monoisotopic (exact) mass is 337 g/mol. The summed E-state index contributed by atoms with van der Waals surface area (Å²) in [6, 6.07) is 3.31. The summed E-state index contributed by atoms with van der Waals surface area (Å²) >= 11 is 0. The maximum Gasteiger partial charge on any atom is 0.315 e. The number of ether oxygens (including phenoxy) is 1. The van der Waals surface area contributed by atoms with Crippen LogP contribution in [0.25, 0.3) is 0 Å². The van der Waals surface area contributed by atoms with E-state index in [0.29, 0.717) is 32.0 Å². The summed E-state index contributed by atoms with van der Waals surface area (Å²) in [5, 5.41) is 5.79. The Balaban J connectivity index is 1.60. The van der Waals surface area contributed by atoms with E-state index in [1.807, 2.05) is 13.8 Å². The van der Waals surface area contributed by atoms with Crippen LogP contribution in [0.5, 0.6) is 0 Å². The molecule has 0 saturated carbocycles. The van der Waals surface area contributed by atoms with E-state index in [1.165, 1.54) is 6.26 Å². The van der Waals surface area contributed by atoms with Crippen LogP contribution in [0.1, 0.15) is 43.7 Å². The zero-order valence-corrected chi connectivity index (χ0v) is 14.4. The van der Waals surface area contributed by atoms with Crippen LogP contribution in [-0.2, 0) is 4.74 Å². The molecule has 0 spiro atoms. The Bertz CT molecular complexity index is 508. The third kappa shape index (κ3) is 5.88. The van der Waals surface area contributed by atoms with Crippen LogP contribution in [0.15, 0.2) is 22.8 Å². The number of urea groups is 1. The van der Waals surface area contributed by atoms with Gasteiger partial charge in [0.15, 0.2) is 5.76 Å². The second kappa shape index (κ2) is 9.32. The van der Waals surface area contributed by atoms with Gasteiger partial charge in [0.2, 0.25) is 0 Å². The first-order chi connectivity index (χ1) is 11.6. The number of nitrogens with zero attached hydrogens (tertiary/aromatic N) is 1. The molecule has 7 nitrogen and oxygen atoms in total. The Kier molecular flexibility index (Phi) is 7.11. The Labute approximate surface area is 142 Å². The van der Waals surface area contributed by atoms with Crippen molar-refractivity contribution in [2.24, 2.45) is 0 Å². The molecule has 24 heavy (non-hydrogen) atoms. The fourth-order valence-electron chi connectivity index (χ4n) is 2.61. The number of furan rings is 1. The van der Waals surface area contributed by atoms with Crippen molar-refractivity contribution < 1.29 is 18.7 Å². The Morgan fingerprint density at radius 2 is 2.12 bits per heavy atom. The lowest BCUT2D eigenvalue weighted by Gasteiger charge is -2.31. The zero-order chi connectivity index (χ0) is 17.4. The van der Waals surface area contributed by atoms with Crippen molar-refractivity contribution in [1.82, 2.24) is 15.5 Å². The number of hydrogen-bond acceptors (Lipinski definition) is 4. The molecule has 1 aromatic rings. The molecule has 0 unspecified atom stereocenters. The van der Waals surface area contributed by atoms with E-state index in [2.05, 4.69) is 10.6 Å². The maximum absolute atomic E-state index is 12.2. The van der Waals surface area contributed by atoms with Gasteiger partial charge in [-0.3, -0.25) is 4.79 Å². The normalized spacial score (nSPS) is 15.5. The van der Waals surface area contributed by atoms with Crippen LogP contribution >= 0.6 is 0 Å². The molecule has 7 heteroatoms. The largest absolute Gasteiger partial charge is 0.459 e. The molecule has 134 valence electrons. The molecule has 2 N–H and O–H groups in total. The van der Waals surface area contributed by atoms with E-state index in [0.717, 1.165) is 19.3 Å². The van der Waals surface area contributed by atoms with Gasteiger partial charge >= 0.3 is 6.03 Å². The number of likely N-dealkylation sites (tertiary alicyclic amines) is 1. The molecule has 3 amide bonds. The Hall–Kier alpha value is -2.02. The van der Waals surface area contributed by atoms with Crippen molar-refractivity contribution in [1.29, 1.82) is 0 Å². The van der Waals surface area contributed by atoms with Crippen LogP contribution in [0, 0.1) is 0 Å². The van der Waals surface area contributed by atoms with Crippen molar-refractivity contribution in [3.8, 4) is 0 Å². The number of amides is 3.